The second kappa shape index (κ2) is 9.56. The fraction of sp³-hybridized carbons (Fsp3) is 0.107. The standard InChI is InChI=1S/C28H21N5O2S/c1-16-5-4-6-24(35-3)25(16)20-13-17(2)30-15-21(20)26(34)33-28-32-23-12-11-22(31-27(23)36-28)19-9-7-18(14-29)8-10-19/h4-13,15H,1-3H3,(H,32,33,34). The average Bonchev–Trinajstić information content (AvgIpc) is 3.29. The minimum atomic E-state index is -0.311. The first-order valence-corrected chi connectivity index (χ1v) is 12.0. The van der Waals surface area contributed by atoms with Crippen molar-refractivity contribution >= 4 is 32.7 Å². The molecule has 1 N–H and O–H groups in total. The van der Waals surface area contributed by atoms with E-state index in [1.165, 1.54) is 11.3 Å². The smallest absolute Gasteiger partial charge is 0.259 e. The summed E-state index contributed by atoms with van der Waals surface area (Å²) in [5, 5.41) is 12.4. The van der Waals surface area contributed by atoms with Crippen molar-refractivity contribution in [2.24, 2.45) is 0 Å². The molecule has 0 saturated heterocycles. The first-order chi connectivity index (χ1) is 17.5. The Morgan fingerprint density at radius 1 is 1.06 bits per heavy atom. The van der Waals surface area contributed by atoms with Gasteiger partial charge in [-0.2, -0.15) is 5.26 Å². The number of ether oxygens (including phenoxy) is 1. The number of nitrogens with zero attached hydrogens (tertiary/aromatic N) is 4. The van der Waals surface area contributed by atoms with Gasteiger partial charge in [-0.15, -0.1) is 0 Å². The lowest BCUT2D eigenvalue weighted by Gasteiger charge is -2.15. The van der Waals surface area contributed by atoms with E-state index in [9.17, 15) is 4.79 Å². The van der Waals surface area contributed by atoms with Crippen LogP contribution >= 0.6 is 11.3 Å². The molecule has 0 saturated carbocycles. The molecule has 0 fully saturated rings. The number of benzene rings is 2. The lowest BCUT2D eigenvalue weighted by molar-refractivity contribution is 0.102. The largest absolute Gasteiger partial charge is 0.496 e. The minimum absolute atomic E-state index is 0.311. The summed E-state index contributed by atoms with van der Waals surface area (Å²) in [4.78, 5) is 27.7. The second-order valence-corrected chi connectivity index (χ2v) is 9.18. The number of pyridine rings is 2. The molecule has 0 aliphatic carbocycles. The summed E-state index contributed by atoms with van der Waals surface area (Å²) in [6.45, 7) is 3.88. The molecule has 2 aromatic carbocycles. The van der Waals surface area contributed by atoms with Gasteiger partial charge in [0.1, 0.15) is 16.1 Å². The van der Waals surface area contributed by atoms with E-state index in [0.29, 0.717) is 32.4 Å². The van der Waals surface area contributed by atoms with Crippen molar-refractivity contribution in [2.45, 2.75) is 13.8 Å². The van der Waals surface area contributed by atoms with Gasteiger partial charge in [0.25, 0.3) is 5.91 Å². The number of nitrogens with one attached hydrogen (secondary N) is 1. The molecule has 176 valence electrons. The Morgan fingerprint density at radius 2 is 1.86 bits per heavy atom. The van der Waals surface area contributed by atoms with Crippen LogP contribution in [0.4, 0.5) is 5.13 Å². The Bertz CT molecular complexity index is 1650. The number of hydrogen-bond donors (Lipinski definition) is 1. The summed E-state index contributed by atoms with van der Waals surface area (Å²) in [7, 11) is 1.62. The maximum Gasteiger partial charge on any atom is 0.259 e. The molecule has 0 atom stereocenters. The first-order valence-electron chi connectivity index (χ1n) is 11.2. The van der Waals surface area contributed by atoms with Crippen LogP contribution in [0.1, 0.15) is 27.2 Å². The third-order valence-electron chi connectivity index (χ3n) is 5.79. The van der Waals surface area contributed by atoms with Crippen LogP contribution < -0.4 is 10.1 Å². The van der Waals surface area contributed by atoms with Gasteiger partial charge in [-0.1, -0.05) is 35.6 Å². The van der Waals surface area contributed by atoms with Crippen LogP contribution in [0.5, 0.6) is 5.75 Å². The van der Waals surface area contributed by atoms with E-state index in [1.807, 2.05) is 62.4 Å². The third kappa shape index (κ3) is 4.40. The van der Waals surface area contributed by atoms with Crippen LogP contribution in [0.15, 0.2) is 66.9 Å². The number of anilines is 1. The van der Waals surface area contributed by atoms with Gasteiger partial charge in [-0.3, -0.25) is 15.1 Å². The van der Waals surface area contributed by atoms with Crippen LogP contribution in [0.3, 0.4) is 0 Å². The maximum atomic E-state index is 13.4. The molecule has 36 heavy (non-hydrogen) atoms. The Labute approximate surface area is 212 Å². The Hall–Kier alpha value is -4.61. The molecule has 7 nitrogen and oxygen atoms in total. The number of thiazole rings is 1. The Balaban J connectivity index is 1.48. The number of aromatic nitrogens is 3. The van der Waals surface area contributed by atoms with E-state index in [-0.39, 0.29) is 5.91 Å². The topological polar surface area (TPSA) is 101 Å². The molecule has 3 aromatic heterocycles. The molecule has 5 rings (SSSR count). The van der Waals surface area contributed by atoms with Gasteiger partial charge in [0.2, 0.25) is 0 Å². The molecule has 0 unspecified atom stereocenters. The van der Waals surface area contributed by atoms with Crippen LogP contribution in [0, 0.1) is 25.2 Å². The zero-order valence-electron chi connectivity index (χ0n) is 19.9. The highest BCUT2D eigenvalue weighted by Gasteiger charge is 2.20. The molecular weight excluding hydrogens is 470 g/mol. The van der Waals surface area contributed by atoms with Gasteiger partial charge in [0, 0.05) is 28.6 Å². The predicted octanol–water partition coefficient (Wildman–Crippen LogP) is 6.17. The number of hydrogen-bond acceptors (Lipinski definition) is 7. The van der Waals surface area contributed by atoms with Gasteiger partial charge in [-0.25, -0.2) is 9.97 Å². The molecule has 3 heterocycles. The fourth-order valence-electron chi connectivity index (χ4n) is 4.01. The van der Waals surface area contributed by atoms with Crippen molar-refractivity contribution in [1.82, 2.24) is 15.0 Å². The Morgan fingerprint density at radius 3 is 2.61 bits per heavy atom. The lowest BCUT2D eigenvalue weighted by Crippen LogP contribution is -2.14. The van der Waals surface area contributed by atoms with E-state index in [0.717, 1.165) is 33.6 Å². The third-order valence-corrected chi connectivity index (χ3v) is 6.68. The average molecular weight is 492 g/mol. The number of aryl methyl sites for hydroxylation is 2. The molecule has 1 amide bonds. The van der Waals surface area contributed by atoms with Crippen molar-refractivity contribution in [1.29, 1.82) is 5.26 Å². The molecule has 8 heteroatoms. The molecule has 0 bridgehead atoms. The summed E-state index contributed by atoms with van der Waals surface area (Å²) in [6, 6.07) is 20.8. The summed E-state index contributed by atoms with van der Waals surface area (Å²) in [5.74, 6) is 0.378. The van der Waals surface area contributed by atoms with E-state index < -0.39 is 0 Å². The summed E-state index contributed by atoms with van der Waals surface area (Å²) >= 11 is 1.30. The number of rotatable bonds is 5. The maximum absolute atomic E-state index is 13.4. The van der Waals surface area contributed by atoms with E-state index in [4.69, 9.17) is 15.0 Å². The highest BCUT2D eigenvalue weighted by molar-refractivity contribution is 7.22. The van der Waals surface area contributed by atoms with E-state index >= 15 is 0 Å². The van der Waals surface area contributed by atoms with Gasteiger partial charge in [-0.05, 0) is 55.8 Å². The molecular formula is C28H21N5O2S. The van der Waals surface area contributed by atoms with Gasteiger partial charge in [0.15, 0.2) is 5.13 Å². The van der Waals surface area contributed by atoms with Crippen molar-refractivity contribution in [3.05, 3.63) is 89.2 Å². The molecule has 0 radical (unpaired) electrons. The minimum Gasteiger partial charge on any atom is -0.496 e. The number of carbonyl (C=O) groups is 1. The zero-order valence-corrected chi connectivity index (χ0v) is 20.7. The van der Waals surface area contributed by atoms with Crippen LogP contribution in [0.2, 0.25) is 0 Å². The number of fused-ring (bicyclic) bond motifs is 1. The predicted molar refractivity (Wildman–Crippen MR) is 141 cm³/mol. The van der Waals surface area contributed by atoms with Crippen molar-refractivity contribution in [3.8, 4) is 34.2 Å². The van der Waals surface area contributed by atoms with Crippen LogP contribution in [-0.4, -0.2) is 28.0 Å². The number of methoxy groups -OCH3 is 1. The summed E-state index contributed by atoms with van der Waals surface area (Å²) in [5.41, 5.74) is 6.78. The van der Waals surface area contributed by atoms with E-state index in [1.54, 1.807) is 25.4 Å². The van der Waals surface area contributed by atoms with Gasteiger partial charge < -0.3 is 4.74 Å². The van der Waals surface area contributed by atoms with Crippen LogP contribution in [0.25, 0.3) is 32.7 Å². The number of nitriles is 1. The number of carbonyl (C=O) groups excluding carboxylic acids is 1. The highest BCUT2D eigenvalue weighted by Crippen LogP contribution is 2.36. The lowest BCUT2D eigenvalue weighted by atomic mass is 9.95. The van der Waals surface area contributed by atoms with Gasteiger partial charge in [0.05, 0.1) is 30.0 Å². The molecule has 0 spiro atoms. The van der Waals surface area contributed by atoms with Gasteiger partial charge >= 0.3 is 0 Å². The normalized spacial score (nSPS) is 10.7. The molecule has 0 aliphatic heterocycles. The SMILES string of the molecule is COc1cccc(C)c1-c1cc(C)ncc1C(=O)Nc1nc2ccc(-c3ccc(C#N)cc3)nc2s1. The van der Waals surface area contributed by atoms with Crippen LogP contribution in [-0.2, 0) is 0 Å². The van der Waals surface area contributed by atoms with Crippen molar-refractivity contribution in [3.63, 3.8) is 0 Å². The molecule has 0 aliphatic rings. The zero-order chi connectivity index (χ0) is 25.2. The summed E-state index contributed by atoms with van der Waals surface area (Å²) in [6.07, 6.45) is 1.58. The quantitative estimate of drug-likeness (QED) is 0.316. The fourth-order valence-corrected chi connectivity index (χ4v) is 4.85. The highest BCUT2D eigenvalue weighted by atomic mass is 32.1. The summed E-state index contributed by atoms with van der Waals surface area (Å²) < 4.78 is 5.59. The first kappa shape index (κ1) is 23.1. The van der Waals surface area contributed by atoms with Crippen molar-refractivity contribution in [2.75, 3.05) is 12.4 Å². The second-order valence-electron chi connectivity index (χ2n) is 8.21. The Kier molecular flexibility index (Phi) is 6.15. The molecule has 5 aromatic rings. The number of amides is 1. The van der Waals surface area contributed by atoms with Crippen molar-refractivity contribution < 1.29 is 9.53 Å². The van der Waals surface area contributed by atoms with E-state index in [2.05, 4.69) is 21.4 Å². The monoisotopic (exact) mass is 491 g/mol.